The number of carbonyl (C=O) groups is 2. The largest absolute Gasteiger partial charge is 0.499 e. The minimum absolute atomic E-state index is 0.0648. The highest BCUT2D eigenvalue weighted by molar-refractivity contribution is 5.90. The van der Waals surface area contributed by atoms with E-state index in [0.717, 1.165) is 19.3 Å². The molecule has 0 fully saturated rings. The molecule has 0 spiro atoms. The molecular weight excluding hydrogens is 568 g/mol. The van der Waals surface area contributed by atoms with Gasteiger partial charge in [-0.2, -0.15) is 0 Å². The summed E-state index contributed by atoms with van der Waals surface area (Å²) >= 11 is 0. The van der Waals surface area contributed by atoms with Crippen LogP contribution in [0.5, 0.6) is 0 Å². The Hall–Kier alpha value is -2.70. The molecule has 0 aliphatic carbocycles. The molecule has 0 saturated heterocycles. The van der Waals surface area contributed by atoms with Crippen molar-refractivity contribution in [1.82, 2.24) is 0 Å². The van der Waals surface area contributed by atoms with E-state index < -0.39 is 80.7 Å². The van der Waals surface area contributed by atoms with Gasteiger partial charge in [0.05, 0.1) is 33.0 Å². The SMILES string of the molecule is CCCCCCCCOC1=C(OCC(O)CO)[C@@H]([C@@H](O)CO)OC1=O.O=C1O[C@H]([C@@H](O)CO)C(OCC(O)CO)=C1O. The van der Waals surface area contributed by atoms with Gasteiger partial charge in [0.2, 0.25) is 11.5 Å². The van der Waals surface area contributed by atoms with Crippen molar-refractivity contribution < 1.29 is 79.2 Å². The molecule has 6 atom stereocenters. The first-order valence-corrected chi connectivity index (χ1v) is 13.7. The fourth-order valence-electron chi connectivity index (χ4n) is 3.57. The summed E-state index contributed by atoms with van der Waals surface area (Å²) in [4.78, 5) is 23.0. The van der Waals surface area contributed by atoms with E-state index in [4.69, 9.17) is 44.5 Å². The average molecular weight is 613 g/mol. The van der Waals surface area contributed by atoms with Gasteiger partial charge in [0.25, 0.3) is 0 Å². The van der Waals surface area contributed by atoms with Gasteiger partial charge in [-0.25, -0.2) is 9.59 Å². The molecule has 0 saturated carbocycles. The third kappa shape index (κ3) is 11.9. The molecule has 16 nitrogen and oxygen atoms in total. The predicted octanol–water partition coefficient (Wildman–Crippen LogP) is -2.37. The topological polar surface area (TPSA) is 262 Å². The first kappa shape index (κ1) is 37.3. The van der Waals surface area contributed by atoms with Gasteiger partial charge in [-0.05, 0) is 6.42 Å². The van der Waals surface area contributed by atoms with Crippen LogP contribution in [0, 0.1) is 0 Å². The number of ether oxygens (including phenoxy) is 5. The van der Waals surface area contributed by atoms with E-state index in [0.29, 0.717) is 6.61 Å². The monoisotopic (exact) mass is 612 g/mol. The maximum absolute atomic E-state index is 11.9. The summed E-state index contributed by atoms with van der Waals surface area (Å²) in [5.41, 5.74) is 0. The van der Waals surface area contributed by atoms with Crippen LogP contribution < -0.4 is 0 Å². The van der Waals surface area contributed by atoms with Crippen LogP contribution in [0.3, 0.4) is 0 Å². The van der Waals surface area contributed by atoms with Crippen LogP contribution in [-0.4, -0.2) is 141 Å². The molecule has 2 heterocycles. The molecule has 0 bridgehead atoms. The molecule has 2 aliphatic heterocycles. The van der Waals surface area contributed by atoms with E-state index in [2.05, 4.69) is 11.7 Å². The average Bonchev–Trinajstić information content (AvgIpc) is 3.47. The Labute approximate surface area is 243 Å². The number of rotatable bonds is 20. The van der Waals surface area contributed by atoms with Gasteiger partial charge in [0.1, 0.15) is 37.6 Å². The highest BCUT2D eigenvalue weighted by atomic mass is 16.6. The molecule has 0 aromatic rings. The number of unbranched alkanes of at least 4 members (excludes halogenated alkanes) is 5. The summed E-state index contributed by atoms with van der Waals surface area (Å²) in [5.74, 6) is -3.29. The zero-order chi connectivity index (χ0) is 31.7. The third-order valence-corrected chi connectivity index (χ3v) is 5.92. The minimum Gasteiger partial charge on any atom is -0.499 e. The van der Waals surface area contributed by atoms with Crippen LogP contribution in [0.1, 0.15) is 45.4 Å². The molecule has 0 aromatic carbocycles. The summed E-state index contributed by atoms with van der Waals surface area (Å²) in [6.07, 6.45) is -1.28. The lowest BCUT2D eigenvalue weighted by atomic mass is 10.1. The van der Waals surface area contributed by atoms with Gasteiger partial charge in [0.15, 0.2) is 23.7 Å². The number of hydrogen-bond donors (Lipinski definition) is 9. The summed E-state index contributed by atoms with van der Waals surface area (Å²) in [5, 5.41) is 82.0. The van der Waals surface area contributed by atoms with Crippen LogP contribution in [-0.2, 0) is 33.3 Å². The molecule has 16 heteroatoms. The Morgan fingerprint density at radius 2 is 1.14 bits per heavy atom. The Morgan fingerprint density at radius 3 is 1.67 bits per heavy atom. The quantitative estimate of drug-likeness (QED) is 0.0514. The van der Waals surface area contributed by atoms with Gasteiger partial charge in [0, 0.05) is 0 Å². The smallest absolute Gasteiger partial charge is 0.378 e. The van der Waals surface area contributed by atoms with E-state index in [1.54, 1.807) is 0 Å². The fourth-order valence-corrected chi connectivity index (χ4v) is 3.57. The zero-order valence-corrected chi connectivity index (χ0v) is 23.5. The molecule has 0 aromatic heterocycles. The molecule has 2 rings (SSSR count). The maximum Gasteiger partial charge on any atom is 0.378 e. The van der Waals surface area contributed by atoms with Gasteiger partial charge in [-0.3, -0.25) is 0 Å². The van der Waals surface area contributed by atoms with Gasteiger partial charge < -0.3 is 69.6 Å². The van der Waals surface area contributed by atoms with Crippen LogP contribution >= 0.6 is 0 Å². The molecule has 0 amide bonds. The molecule has 0 radical (unpaired) electrons. The molecule has 42 heavy (non-hydrogen) atoms. The first-order valence-electron chi connectivity index (χ1n) is 13.7. The highest BCUT2D eigenvalue weighted by Crippen LogP contribution is 2.28. The van der Waals surface area contributed by atoms with Crippen molar-refractivity contribution in [3.8, 4) is 0 Å². The van der Waals surface area contributed by atoms with Crippen LogP contribution in [0.25, 0.3) is 0 Å². The Morgan fingerprint density at radius 1 is 0.667 bits per heavy atom. The Bertz CT molecular complexity index is 874. The van der Waals surface area contributed by atoms with Crippen molar-refractivity contribution in [2.24, 2.45) is 0 Å². The molecule has 2 aliphatic rings. The van der Waals surface area contributed by atoms with Gasteiger partial charge in [-0.15, -0.1) is 0 Å². The number of aliphatic hydroxyl groups is 9. The van der Waals surface area contributed by atoms with Crippen molar-refractivity contribution in [3.05, 3.63) is 23.0 Å². The van der Waals surface area contributed by atoms with Gasteiger partial charge >= 0.3 is 11.9 Å². The first-order chi connectivity index (χ1) is 20.1. The molecule has 9 N–H and O–H groups in total. The van der Waals surface area contributed by atoms with E-state index in [9.17, 15) is 30.0 Å². The number of aliphatic hydroxyl groups excluding tert-OH is 9. The number of carbonyl (C=O) groups excluding carboxylic acids is 2. The van der Waals surface area contributed by atoms with Crippen molar-refractivity contribution in [3.63, 3.8) is 0 Å². The predicted molar refractivity (Wildman–Crippen MR) is 140 cm³/mol. The Balaban J connectivity index is 0.000000452. The highest BCUT2D eigenvalue weighted by Gasteiger charge is 2.42. The van der Waals surface area contributed by atoms with E-state index in [1.807, 2.05) is 0 Å². The van der Waals surface area contributed by atoms with Crippen LogP contribution in [0.4, 0.5) is 0 Å². The summed E-state index contributed by atoms with van der Waals surface area (Å²) < 4.78 is 25.2. The second-order valence-electron chi connectivity index (χ2n) is 9.47. The lowest BCUT2D eigenvalue weighted by Gasteiger charge is -2.19. The fraction of sp³-hybridized carbons (Fsp3) is 0.769. The van der Waals surface area contributed by atoms with Crippen molar-refractivity contribution >= 4 is 11.9 Å². The Kier molecular flexibility index (Phi) is 18.0. The number of cyclic esters (lactones) is 2. The summed E-state index contributed by atoms with van der Waals surface area (Å²) in [7, 11) is 0. The van der Waals surface area contributed by atoms with Crippen molar-refractivity contribution in [1.29, 1.82) is 0 Å². The van der Waals surface area contributed by atoms with Crippen LogP contribution in [0.15, 0.2) is 23.0 Å². The number of esters is 2. The zero-order valence-electron chi connectivity index (χ0n) is 23.5. The van der Waals surface area contributed by atoms with Crippen molar-refractivity contribution in [2.45, 2.75) is 82.1 Å². The van der Waals surface area contributed by atoms with E-state index >= 15 is 0 Å². The van der Waals surface area contributed by atoms with E-state index in [-0.39, 0.29) is 30.5 Å². The van der Waals surface area contributed by atoms with Gasteiger partial charge in [-0.1, -0.05) is 39.0 Å². The molecule has 244 valence electrons. The molecular formula is C26H44O16. The van der Waals surface area contributed by atoms with Crippen LogP contribution in [0.2, 0.25) is 0 Å². The number of hydrogen-bond acceptors (Lipinski definition) is 16. The summed E-state index contributed by atoms with van der Waals surface area (Å²) in [6, 6.07) is 0. The minimum atomic E-state index is -1.44. The normalized spacial score (nSPS) is 21.3. The standard InChI is InChI=1S/C17H30O8.C9H14O8/c1-2-3-4-5-6-7-8-23-16-15(24-11-12(20)9-18)14(13(21)10-19)25-17(16)22;10-1-4(12)3-16-8-6(14)9(15)17-7(8)5(13)2-11/h12-14,18-21H,2-11H2,1H3;4-5,7,10-14H,1-3H2/t12?,13-,14+;4?,5-,7+/m00/s1. The molecule has 2 unspecified atom stereocenters. The van der Waals surface area contributed by atoms with Crippen molar-refractivity contribution in [2.75, 3.05) is 46.2 Å². The van der Waals surface area contributed by atoms with E-state index in [1.165, 1.54) is 19.3 Å². The third-order valence-electron chi connectivity index (χ3n) is 5.92. The lowest BCUT2D eigenvalue weighted by molar-refractivity contribution is -0.149. The maximum atomic E-state index is 11.9. The summed E-state index contributed by atoms with van der Waals surface area (Å²) in [6.45, 7) is -0.623. The second kappa shape index (κ2) is 20.2. The lowest BCUT2D eigenvalue weighted by Crippen LogP contribution is -2.33. The second-order valence-corrected chi connectivity index (χ2v) is 9.47.